The van der Waals surface area contributed by atoms with E-state index in [-0.39, 0.29) is 5.91 Å². The normalized spacial score (nSPS) is 10.7. The predicted octanol–water partition coefficient (Wildman–Crippen LogP) is 2.73. The van der Waals surface area contributed by atoms with Gasteiger partial charge in [-0.2, -0.15) is 5.10 Å². The maximum atomic E-state index is 12.0. The molecule has 0 aliphatic heterocycles. The molecule has 1 heterocycles. The van der Waals surface area contributed by atoms with Crippen molar-refractivity contribution in [3.63, 3.8) is 0 Å². The van der Waals surface area contributed by atoms with Crippen LogP contribution in [0.4, 0.5) is 5.82 Å². The van der Waals surface area contributed by atoms with Crippen molar-refractivity contribution >= 4 is 34.2 Å². The van der Waals surface area contributed by atoms with Crippen LogP contribution in [0, 0.1) is 0 Å². The Morgan fingerprint density at radius 2 is 2.14 bits per heavy atom. The van der Waals surface area contributed by atoms with Crippen LogP contribution in [0.15, 0.2) is 42.5 Å². The molecule has 0 spiro atoms. The number of carbonyl (C=O) groups excluding carboxylic acids is 1. The maximum absolute atomic E-state index is 12.0. The largest absolute Gasteiger partial charge is 0.382 e. The van der Waals surface area contributed by atoms with Gasteiger partial charge in [-0.3, -0.25) is 9.89 Å². The minimum Gasteiger partial charge on any atom is -0.382 e. The zero-order chi connectivity index (χ0) is 14.8. The third-order valence-corrected chi connectivity index (χ3v) is 3.43. The van der Waals surface area contributed by atoms with Gasteiger partial charge < -0.3 is 11.1 Å². The molecule has 0 saturated heterocycles. The monoisotopic (exact) mass is 300 g/mol. The molecule has 21 heavy (non-hydrogen) atoms. The number of aromatic nitrogens is 2. The fourth-order valence-electron chi connectivity index (χ4n) is 2.11. The Morgan fingerprint density at radius 1 is 1.29 bits per heavy atom. The van der Waals surface area contributed by atoms with Gasteiger partial charge in [0.2, 0.25) is 0 Å². The zero-order valence-electron chi connectivity index (χ0n) is 11.1. The number of nitrogens with two attached hydrogens (primary N) is 1. The number of nitrogens with zero attached hydrogens (tertiary/aromatic N) is 1. The number of aromatic amines is 1. The van der Waals surface area contributed by atoms with Crippen molar-refractivity contribution in [3.8, 4) is 0 Å². The van der Waals surface area contributed by atoms with Gasteiger partial charge >= 0.3 is 0 Å². The molecule has 3 aromatic rings. The minimum absolute atomic E-state index is 0.169. The Morgan fingerprint density at radius 3 is 2.95 bits per heavy atom. The van der Waals surface area contributed by atoms with E-state index in [9.17, 15) is 4.79 Å². The van der Waals surface area contributed by atoms with E-state index in [0.717, 1.165) is 16.5 Å². The average Bonchev–Trinajstić information content (AvgIpc) is 2.86. The highest BCUT2D eigenvalue weighted by Crippen LogP contribution is 2.19. The van der Waals surface area contributed by atoms with Crippen molar-refractivity contribution in [1.29, 1.82) is 0 Å². The molecule has 0 unspecified atom stereocenters. The molecule has 5 nitrogen and oxygen atoms in total. The molecule has 0 aliphatic rings. The summed E-state index contributed by atoms with van der Waals surface area (Å²) in [7, 11) is 0. The van der Waals surface area contributed by atoms with Gasteiger partial charge in [0.25, 0.3) is 5.91 Å². The SMILES string of the molecule is Nc1n[nH]c2ccc(CNC(=O)c3cccc(Cl)c3)cc12. The van der Waals surface area contributed by atoms with Gasteiger partial charge in [0.15, 0.2) is 5.82 Å². The number of H-pyrrole nitrogens is 1. The van der Waals surface area contributed by atoms with E-state index in [4.69, 9.17) is 17.3 Å². The van der Waals surface area contributed by atoms with Gasteiger partial charge in [-0.05, 0) is 35.9 Å². The van der Waals surface area contributed by atoms with Gasteiger partial charge in [0.1, 0.15) is 0 Å². The van der Waals surface area contributed by atoms with E-state index < -0.39 is 0 Å². The number of nitrogens with one attached hydrogen (secondary N) is 2. The first-order valence-electron chi connectivity index (χ1n) is 6.40. The quantitative estimate of drug-likeness (QED) is 0.695. The maximum Gasteiger partial charge on any atom is 0.251 e. The molecule has 0 saturated carbocycles. The summed E-state index contributed by atoms with van der Waals surface area (Å²) >= 11 is 5.87. The first-order chi connectivity index (χ1) is 10.1. The lowest BCUT2D eigenvalue weighted by Crippen LogP contribution is -2.22. The van der Waals surface area contributed by atoms with Gasteiger partial charge in [-0.25, -0.2) is 0 Å². The summed E-state index contributed by atoms with van der Waals surface area (Å²) in [5, 5.41) is 11.0. The Hall–Kier alpha value is -2.53. The van der Waals surface area contributed by atoms with Crippen LogP contribution >= 0.6 is 11.6 Å². The van der Waals surface area contributed by atoms with Crippen LogP contribution in [-0.2, 0) is 6.54 Å². The van der Waals surface area contributed by atoms with E-state index in [1.807, 2.05) is 18.2 Å². The molecular formula is C15H13ClN4O. The van der Waals surface area contributed by atoms with Crippen LogP contribution in [0.5, 0.6) is 0 Å². The molecule has 3 rings (SSSR count). The Labute approximate surface area is 126 Å². The summed E-state index contributed by atoms with van der Waals surface area (Å²) < 4.78 is 0. The highest BCUT2D eigenvalue weighted by atomic mass is 35.5. The summed E-state index contributed by atoms with van der Waals surface area (Å²) in [5.41, 5.74) is 8.12. The molecule has 2 aromatic carbocycles. The van der Waals surface area contributed by atoms with Crippen molar-refractivity contribution in [1.82, 2.24) is 15.5 Å². The number of hydrogen-bond donors (Lipinski definition) is 3. The number of anilines is 1. The van der Waals surface area contributed by atoms with Crippen molar-refractivity contribution < 1.29 is 4.79 Å². The van der Waals surface area contributed by atoms with Crippen molar-refractivity contribution in [2.45, 2.75) is 6.54 Å². The van der Waals surface area contributed by atoms with Crippen LogP contribution in [0.2, 0.25) is 5.02 Å². The molecule has 1 amide bonds. The van der Waals surface area contributed by atoms with E-state index in [2.05, 4.69) is 15.5 Å². The van der Waals surface area contributed by atoms with Gasteiger partial charge in [-0.1, -0.05) is 23.7 Å². The number of fused-ring (bicyclic) bond motifs is 1. The molecular weight excluding hydrogens is 288 g/mol. The highest BCUT2D eigenvalue weighted by molar-refractivity contribution is 6.30. The molecule has 1 aromatic heterocycles. The topological polar surface area (TPSA) is 83.8 Å². The second kappa shape index (κ2) is 5.46. The van der Waals surface area contributed by atoms with Crippen LogP contribution in [-0.4, -0.2) is 16.1 Å². The van der Waals surface area contributed by atoms with Crippen LogP contribution in [0.3, 0.4) is 0 Å². The van der Waals surface area contributed by atoms with Crippen molar-refractivity contribution in [2.75, 3.05) is 5.73 Å². The van der Waals surface area contributed by atoms with Gasteiger partial charge in [-0.15, -0.1) is 0 Å². The average molecular weight is 301 g/mol. The standard InChI is InChI=1S/C15H13ClN4O/c16-11-3-1-2-10(7-11)15(21)18-8-9-4-5-13-12(6-9)14(17)20-19-13/h1-7H,8H2,(H,18,21)(H3,17,19,20). The number of halogens is 1. The number of benzene rings is 2. The minimum atomic E-state index is -0.169. The van der Waals surface area contributed by atoms with E-state index >= 15 is 0 Å². The highest BCUT2D eigenvalue weighted by Gasteiger charge is 2.07. The smallest absolute Gasteiger partial charge is 0.251 e. The summed E-state index contributed by atoms with van der Waals surface area (Å²) in [5.74, 6) is 0.283. The Balaban J connectivity index is 1.74. The van der Waals surface area contributed by atoms with Crippen LogP contribution < -0.4 is 11.1 Å². The summed E-state index contributed by atoms with van der Waals surface area (Å²) in [4.78, 5) is 12.0. The summed E-state index contributed by atoms with van der Waals surface area (Å²) in [6.45, 7) is 0.409. The lowest BCUT2D eigenvalue weighted by Gasteiger charge is -2.06. The van der Waals surface area contributed by atoms with E-state index in [1.165, 1.54) is 0 Å². The van der Waals surface area contributed by atoms with E-state index in [0.29, 0.717) is 22.9 Å². The molecule has 0 radical (unpaired) electrons. The molecule has 0 atom stereocenters. The number of amides is 1. The molecule has 106 valence electrons. The lowest BCUT2D eigenvalue weighted by molar-refractivity contribution is 0.0951. The Kier molecular flexibility index (Phi) is 3.50. The summed E-state index contributed by atoms with van der Waals surface area (Å²) in [6, 6.07) is 12.5. The van der Waals surface area contributed by atoms with Gasteiger partial charge in [0.05, 0.1) is 5.52 Å². The summed E-state index contributed by atoms with van der Waals surface area (Å²) in [6.07, 6.45) is 0. The van der Waals surface area contributed by atoms with E-state index in [1.54, 1.807) is 24.3 Å². The third kappa shape index (κ3) is 2.83. The molecule has 4 N–H and O–H groups in total. The number of nitrogen functional groups attached to an aromatic ring is 1. The van der Waals surface area contributed by atoms with Crippen LogP contribution in [0.1, 0.15) is 15.9 Å². The third-order valence-electron chi connectivity index (χ3n) is 3.20. The lowest BCUT2D eigenvalue weighted by atomic mass is 10.1. The number of hydrogen-bond acceptors (Lipinski definition) is 3. The fourth-order valence-corrected chi connectivity index (χ4v) is 2.30. The first-order valence-corrected chi connectivity index (χ1v) is 6.77. The molecule has 0 fully saturated rings. The van der Waals surface area contributed by atoms with Crippen LogP contribution in [0.25, 0.3) is 10.9 Å². The zero-order valence-corrected chi connectivity index (χ0v) is 11.8. The molecule has 0 bridgehead atoms. The van der Waals surface area contributed by atoms with Gasteiger partial charge in [0, 0.05) is 22.5 Å². The fraction of sp³-hybridized carbons (Fsp3) is 0.0667. The number of carbonyl (C=O) groups is 1. The molecule has 0 aliphatic carbocycles. The Bertz CT molecular complexity index is 812. The second-order valence-corrected chi connectivity index (χ2v) is 5.12. The predicted molar refractivity (Wildman–Crippen MR) is 83.1 cm³/mol. The van der Waals surface area contributed by atoms with Crippen molar-refractivity contribution in [2.24, 2.45) is 0 Å². The van der Waals surface area contributed by atoms with Crippen molar-refractivity contribution in [3.05, 3.63) is 58.6 Å². The second-order valence-electron chi connectivity index (χ2n) is 4.68. The first kappa shape index (κ1) is 13.5. The molecule has 6 heteroatoms. The number of rotatable bonds is 3.